The second kappa shape index (κ2) is 3.83. The molecule has 0 amide bonds. The molecule has 1 aliphatic carbocycles. The van der Waals surface area contributed by atoms with Gasteiger partial charge in [-0.2, -0.15) is 0 Å². The topological polar surface area (TPSA) is 0 Å². The first-order valence-electron chi connectivity index (χ1n) is 5.42. The van der Waals surface area contributed by atoms with Gasteiger partial charge >= 0.3 is 0 Å². The van der Waals surface area contributed by atoms with Gasteiger partial charge in [-0.3, -0.25) is 0 Å². The van der Waals surface area contributed by atoms with Gasteiger partial charge in [0.2, 0.25) is 0 Å². The third-order valence-electron chi connectivity index (χ3n) is 3.11. The normalized spacial score (nSPS) is 18.3. The average molecular weight is 194 g/mol. The van der Waals surface area contributed by atoms with E-state index in [-0.39, 0.29) is 0 Å². The third kappa shape index (κ3) is 1.80. The van der Waals surface area contributed by atoms with E-state index < -0.39 is 0 Å². The fourth-order valence-electron chi connectivity index (χ4n) is 1.96. The van der Waals surface area contributed by atoms with Crippen molar-refractivity contribution in [1.29, 1.82) is 0 Å². The molecule has 0 saturated heterocycles. The molecule has 1 heteroatoms. The van der Waals surface area contributed by atoms with E-state index in [9.17, 15) is 0 Å². The van der Waals surface area contributed by atoms with Gasteiger partial charge < -0.3 is 0 Å². The summed E-state index contributed by atoms with van der Waals surface area (Å²) in [7, 11) is 0. The van der Waals surface area contributed by atoms with Crippen molar-refractivity contribution in [2.24, 2.45) is 0 Å². The third-order valence-corrected chi connectivity index (χ3v) is 4.58. The fraction of sp³-hybridized carbons (Fsp3) is 0.667. The summed E-state index contributed by atoms with van der Waals surface area (Å²) in [6.07, 6.45) is 6.77. The molecule has 0 spiro atoms. The zero-order valence-electron chi connectivity index (χ0n) is 8.60. The highest BCUT2D eigenvalue weighted by molar-refractivity contribution is 7.12. The lowest BCUT2D eigenvalue weighted by Crippen LogP contribution is -1.96. The molecule has 13 heavy (non-hydrogen) atoms. The summed E-state index contributed by atoms with van der Waals surface area (Å²) in [6.45, 7) is 4.63. The largest absolute Gasteiger partial charge is 0.145 e. The Labute approximate surface area is 85.0 Å². The lowest BCUT2D eigenvalue weighted by Gasteiger charge is -2.08. The number of aryl methyl sites for hydroxylation is 2. The maximum atomic E-state index is 2.47. The van der Waals surface area contributed by atoms with Crippen LogP contribution in [0.2, 0.25) is 0 Å². The van der Waals surface area contributed by atoms with Crippen LogP contribution in [0.25, 0.3) is 0 Å². The van der Waals surface area contributed by atoms with Crippen LogP contribution in [-0.2, 0) is 12.8 Å². The van der Waals surface area contributed by atoms with Crippen LogP contribution < -0.4 is 0 Å². The highest BCUT2D eigenvalue weighted by Crippen LogP contribution is 2.34. The van der Waals surface area contributed by atoms with Crippen LogP contribution >= 0.6 is 11.3 Å². The number of hydrogen-bond acceptors (Lipinski definition) is 1. The van der Waals surface area contributed by atoms with E-state index in [4.69, 9.17) is 0 Å². The monoisotopic (exact) mass is 194 g/mol. The van der Waals surface area contributed by atoms with Gasteiger partial charge in [-0.05, 0) is 49.7 Å². The highest BCUT2D eigenvalue weighted by Gasteiger charge is 2.15. The molecule has 72 valence electrons. The maximum Gasteiger partial charge on any atom is 0.00802 e. The number of rotatable bonds is 2. The van der Waals surface area contributed by atoms with Gasteiger partial charge in [-0.15, -0.1) is 11.3 Å². The van der Waals surface area contributed by atoms with Crippen molar-refractivity contribution < 1.29 is 0 Å². The molecule has 0 radical (unpaired) electrons. The Hall–Kier alpha value is -0.300. The van der Waals surface area contributed by atoms with E-state index >= 15 is 0 Å². The minimum Gasteiger partial charge on any atom is -0.145 e. The van der Waals surface area contributed by atoms with E-state index in [1.165, 1.54) is 32.1 Å². The van der Waals surface area contributed by atoms with Crippen LogP contribution in [0.15, 0.2) is 6.07 Å². The van der Waals surface area contributed by atoms with Crippen molar-refractivity contribution in [3.8, 4) is 0 Å². The van der Waals surface area contributed by atoms with Crippen molar-refractivity contribution in [3.05, 3.63) is 21.4 Å². The predicted molar refractivity (Wildman–Crippen MR) is 59.7 cm³/mol. The van der Waals surface area contributed by atoms with Gasteiger partial charge in [0.1, 0.15) is 0 Å². The van der Waals surface area contributed by atoms with E-state index in [1.54, 1.807) is 15.3 Å². The zero-order valence-corrected chi connectivity index (χ0v) is 9.41. The standard InChI is InChI=1S/C12H18S/c1-3-9(2)12-8-10-6-4-5-7-11(10)13-12/h8-9H,3-7H2,1-2H3. The minimum absolute atomic E-state index is 0.774. The minimum atomic E-state index is 0.774. The zero-order chi connectivity index (χ0) is 9.26. The molecule has 1 heterocycles. The van der Waals surface area contributed by atoms with Gasteiger partial charge in [-0.1, -0.05) is 13.8 Å². The predicted octanol–water partition coefficient (Wildman–Crippen LogP) is 4.14. The molecule has 1 aromatic heterocycles. The SMILES string of the molecule is CCC(C)c1cc2c(s1)CCCC2. The van der Waals surface area contributed by atoms with Crippen LogP contribution in [0.3, 0.4) is 0 Å². The van der Waals surface area contributed by atoms with Crippen molar-refractivity contribution in [2.75, 3.05) is 0 Å². The quantitative estimate of drug-likeness (QED) is 0.663. The van der Waals surface area contributed by atoms with Crippen molar-refractivity contribution in [1.82, 2.24) is 0 Å². The van der Waals surface area contributed by atoms with E-state index in [1.807, 2.05) is 0 Å². The Kier molecular flexibility index (Phi) is 2.73. The Balaban J connectivity index is 2.25. The van der Waals surface area contributed by atoms with Crippen molar-refractivity contribution in [2.45, 2.75) is 51.9 Å². The molecule has 1 aromatic rings. The molecule has 0 bridgehead atoms. The Morgan fingerprint density at radius 2 is 2.15 bits per heavy atom. The van der Waals surface area contributed by atoms with Crippen molar-refractivity contribution >= 4 is 11.3 Å². The van der Waals surface area contributed by atoms with Gasteiger partial charge in [-0.25, -0.2) is 0 Å². The van der Waals surface area contributed by atoms with E-state index in [0.717, 1.165) is 5.92 Å². The van der Waals surface area contributed by atoms with Gasteiger partial charge in [0.05, 0.1) is 0 Å². The molecule has 1 atom stereocenters. The van der Waals surface area contributed by atoms with Crippen LogP contribution in [0, 0.1) is 0 Å². The molecule has 0 aromatic carbocycles. The summed E-state index contributed by atoms with van der Waals surface area (Å²) in [5.41, 5.74) is 1.66. The number of hydrogen-bond donors (Lipinski definition) is 0. The molecular weight excluding hydrogens is 176 g/mol. The molecule has 0 N–H and O–H groups in total. The molecule has 1 unspecified atom stereocenters. The van der Waals surface area contributed by atoms with Gasteiger partial charge in [0.15, 0.2) is 0 Å². The summed E-state index contributed by atoms with van der Waals surface area (Å²) in [4.78, 5) is 3.30. The first kappa shape index (κ1) is 9.26. The average Bonchev–Trinajstić information content (AvgIpc) is 2.59. The second-order valence-corrected chi connectivity index (χ2v) is 5.28. The highest BCUT2D eigenvalue weighted by atomic mass is 32.1. The summed E-state index contributed by atoms with van der Waals surface area (Å²) >= 11 is 2.07. The second-order valence-electron chi connectivity index (χ2n) is 4.11. The molecule has 0 aliphatic heterocycles. The number of thiophene rings is 1. The van der Waals surface area contributed by atoms with Crippen molar-refractivity contribution in [3.63, 3.8) is 0 Å². The first-order valence-corrected chi connectivity index (χ1v) is 6.24. The summed E-state index contributed by atoms with van der Waals surface area (Å²) in [5, 5.41) is 0. The smallest absolute Gasteiger partial charge is 0.00802 e. The lowest BCUT2D eigenvalue weighted by atomic mass is 9.98. The molecular formula is C12H18S. The van der Waals surface area contributed by atoms with Gasteiger partial charge in [0.25, 0.3) is 0 Å². The van der Waals surface area contributed by atoms with E-state index in [0.29, 0.717) is 0 Å². The summed E-state index contributed by atoms with van der Waals surface area (Å²) in [5.74, 6) is 0.774. The van der Waals surface area contributed by atoms with Crippen LogP contribution in [-0.4, -0.2) is 0 Å². The fourth-order valence-corrected chi connectivity index (χ4v) is 3.35. The lowest BCUT2D eigenvalue weighted by molar-refractivity contribution is 0.695. The molecule has 0 saturated carbocycles. The maximum absolute atomic E-state index is 2.47. The molecule has 1 aliphatic rings. The number of fused-ring (bicyclic) bond motifs is 1. The Bertz CT molecular complexity index is 262. The Morgan fingerprint density at radius 3 is 2.85 bits per heavy atom. The summed E-state index contributed by atoms with van der Waals surface area (Å²) in [6, 6.07) is 2.47. The van der Waals surface area contributed by atoms with Crippen LogP contribution in [0.4, 0.5) is 0 Å². The van der Waals surface area contributed by atoms with Gasteiger partial charge in [0, 0.05) is 9.75 Å². The Morgan fingerprint density at radius 1 is 1.38 bits per heavy atom. The van der Waals surface area contributed by atoms with Crippen LogP contribution in [0.1, 0.15) is 54.3 Å². The summed E-state index contributed by atoms with van der Waals surface area (Å²) < 4.78 is 0. The van der Waals surface area contributed by atoms with Crippen LogP contribution in [0.5, 0.6) is 0 Å². The first-order chi connectivity index (χ1) is 6.31. The molecule has 2 rings (SSSR count). The molecule has 0 fully saturated rings. The van der Waals surface area contributed by atoms with E-state index in [2.05, 4.69) is 31.3 Å². The molecule has 0 nitrogen and oxygen atoms in total.